The van der Waals surface area contributed by atoms with Crippen molar-refractivity contribution in [2.24, 2.45) is 0 Å². The number of fused-ring (bicyclic) bond motifs is 1. The van der Waals surface area contributed by atoms with Crippen molar-refractivity contribution in [3.8, 4) is 5.75 Å². The molecule has 1 fully saturated rings. The molecule has 1 aliphatic rings. The highest BCUT2D eigenvalue weighted by atomic mass is 16.5. The molecule has 6 nitrogen and oxygen atoms in total. The molecule has 1 aliphatic heterocycles. The molecule has 1 atom stereocenters. The maximum atomic E-state index is 12.9. The molecule has 1 amide bonds. The Morgan fingerprint density at radius 3 is 2.76 bits per heavy atom. The topological polar surface area (TPSA) is 60.2 Å². The van der Waals surface area contributed by atoms with Crippen molar-refractivity contribution < 1.29 is 9.53 Å². The van der Waals surface area contributed by atoms with Gasteiger partial charge in [0.05, 0.1) is 30.3 Å². The van der Waals surface area contributed by atoms with Crippen LogP contribution in [-0.2, 0) is 11.2 Å². The van der Waals surface area contributed by atoms with Crippen LogP contribution in [0.1, 0.15) is 50.5 Å². The van der Waals surface area contributed by atoms with Crippen molar-refractivity contribution in [3.63, 3.8) is 0 Å². The lowest BCUT2D eigenvalue weighted by molar-refractivity contribution is -0.129. The number of hydrogen-bond donors (Lipinski definition) is 0. The standard InChI is InChI=1S/C23H28N4O2/c1-4-29-19-7-5-17(6-8-19)13-22(28)26-12-10-18(15-26)23-25-20-9-11-24-14-21(20)27(23)16(2)3/h5-9,11,14,16,18H,4,10,12-13,15H2,1-3H3. The molecule has 0 spiro atoms. The number of pyridine rings is 1. The minimum atomic E-state index is 0.172. The fraction of sp³-hybridized carbons (Fsp3) is 0.435. The van der Waals surface area contributed by atoms with Gasteiger partial charge in [-0.3, -0.25) is 9.78 Å². The van der Waals surface area contributed by atoms with Crippen molar-refractivity contribution in [3.05, 3.63) is 54.1 Å². The molecule has 0 saturated carbocycles. The summed E-state index contributed by atoms with van der Waals surface area (Å²) in [4.78, 5) is 24.0. The molecule has 0 N–H and O–H groups in total. The van der Waals surface area contributed by atoms with Crippen molar-refractivity contribution in [1.82, 2.24) is 19.4 Å². The van der Waals surface area contributed by atoms with Crippen molar-refractivity contribution >= 4 is 16.9 Å². The monoisotopic (exact) mass is 392 g/mol. The zero-order chi connectivity index (χ0) is 20.4. The van der Waals surface area contributed by atoms with Crippen LogP contribution >= 0.6 is 0 Å². The van der Waals surface area contributed by atoms with Crippen LogP contribution in [-0.4, -0.2) is 45.0 Å². The lowest BCUT2D eigenvalue weighted by Gasteiger charge is -2.19. The summed E-state index contributed by atoms with van der Waals surface area (Å²) in [7, 11) is 0. The van der Waals surface area contributed by atoms with Gasteiger partial charge in [0.2, 0.25) is 5.91 Å². The van der Waals surface area contributed by atoms with Gasteiger partial charge in [-0.2, -0.15) is 0 Å². The van der Waals surface area contributed by atoms with Crippen molar-refractivity contribution in [2.75, 3.05) is 19.7 Å². The smallest absolute Gasteiger partial charge is 0.227 e. The van der Waals surface area contributed by atoms with Crippen LogP contribution in [0.25, 0.3) is 11.0 Å². The normalized spacial score (nSPS) is 16.7. The summed E-state index contributed by atoms with van der Waals surface area (Å²) in [5, 5.41) is 0. The molecular weight excluding hydrogens is 364 g/mol. The average molecular weight is 393 g/mol. The molecule has 3 heterocycles. The third-order valence-corrected chi connectivity index (χ3v) is 5.53. The Bertz CT molecular complexity index is 994. The summed E-state index contributed by atoms with van der Waals surface area (Å²) in [5.41, 5.74) is 3.06. The molecule has 4 rings (SSSR count). The summed E-state index contributed by atoms with van der Waals surface area (Å²) in [6, 6.07) is 10.1. The number of benzene rings is 1. The van der Waals surface area contributed by atoms with Gasteiger partial charge in [0.25, 0.3) is 0 Å². The van der Waals surface area contributed by atoms with E-state index in [1.165, 1.54) is 0 Å². The summed E-state index contributed by atoms with van der Waals surface area (Å²) in [6.45, 7) is 8.44. The molecule has 1 aromatic carbocycles. The van der Waals surface area contributed by atoms with Gasteiger partial charge in [0, 0.05) is 31.2 Å². The zero-order valence-corrected chi connectivity index (χ0v) is 17.3. The number of likely N-dealkylation sites (tertiary alicyclic amines) is 1. The average Bonchev–Trinajstić information content (AvgIpc) is 3.34. The first-order valence-electron chi connectivity index (χ1n) is 10.4. The fourth-order valence-electron chi connectivity index (χ4n) is 4.14. The van der Waals surface area contributed by atoms with Gasteiger partial charge in [-0.05, 0) is 51.0 Å². The second-order valence-corrected chi connectivity index (χ2v) is 7.88. The number of nitrogens with zero attached hydrogens (tertiary/aromatic N) is 4. The van der Waals surface area contributed by atoms with Crippen LogP contribution in [0.4, 0.5) is 0 Å². The zero-order valence-electron chi connectivity index (χ0n) is 17.3. The van der Waals surface area contributed by atoms with E-state index in [9.17, 15) is 4.79 Å². The third kappa shape index (κ3) is 3.97. The van der Waals surface area contributed by atoms with Crippen LogP contribution in [0.3, 0.4) is 0 Å². The summed E-state index contributed by atoms with van der Waals surface area (Å²) in [5.74, 6) is 2.34. The number of hydrogen-bond acceptors (Lipinski definition) is 4. The second kappa shape index (κ2) is 8.23. The van der Waals surface area contributed by atoms with Crippen LogP contribution in [0, 0.1) is 0 Å². The van der Waals surface area contributed by atoms with Crippen molar-refractivity contribution in [2.45, 2.75) is 45.6 Å². The predicted octanol–water partition coefficient (Wildman–Crippen LogP) is 3.97. The Kier molecular flexibility index (Phi) is 5.51. The largest absolute Gasteiger partial charge is 0.494 e. The van der Waals surface area contributed by atoms with Gasteiger partial charge in [0.1, 0.15) is 11.6 Å². The van der Waals surface area contributed by atoms with Gasteiger partial charge in [-0.25, -0.2) is 4.98 Å². The lowest BCUT2D eigenvalue weighted by Crippen LogP contribution is -2.30. The lowest BCUT2D eigenvalue weighted by atomic mass is 10.1. The minimum Gasteiger partial charge on any atom is -0.494 e. The maximum Gasteiger partial charge on any atom is 0.227 e. The Labute approximate surface area is 171 Å². The molecule has 3 aromatic rings. The first-order valence-corrected chi connectivity index (χ1v) is 10.4. The van der Waals surface area contributed by atoms with E-state index in [4.69, 9.17) is 9.72 Å². The highest BCUT2D eigenvalue weighted by molar-refractivity contribution is 5.79. The molecule has 152 valence electrons. The van der Waals surface area contributed by atoms with Crippen LogP contribution < -0.4 is 4.74 Å². The minimum absolute atomic E-state index is 0.172. The highest BCUT2D eigenvalue weighted by Crippen LogP contribution is 2.31. The fourth-order valence-corrected chi connectivity index (χ4v) is 4.14. The van der Waals surface area contributed by atoms with E-state index < -0.39 is 0 Å². The first kappa shape index (κ1) is 19.4. The number of aromatic nitrogens is 3. The van der Waals surface area contributed by atoms with Crippen molar-refractivity contribution in [1.29, 1.82) is 0 Å². The molecule has 1 unspecified atom stereocenters. The van der Waals surface area contributed by atoms with Crippen LogP contribution in [0.15, 0.2) is 42.7 Å². The van der Waals surface area contributed by atoms with E-state index in [-0.39, 0.29) is 11.8 Å². The van der Waals surface area contributed by atoms with E-state index >= 15 is 0 Å². The quantitative estimate of drug-likeness (QED) is 0.637. The van der Waals surface area contributed by atoms with Gasteiger partial charge < -0.3 is 14.2 Å². The van der Waals surface area contributed by atoms with E-state index in [0.29, 0.717) is 19.1 Å². The summed E-state index contributed by atoms with van der Waals surface area (Å²) in [6.07, 6.45) is 5.03. The number of ether oxygens (including phenoxy) is 1. The SMILES string of the molecule is CCOc1ccc(CC(=O)N2CCC(c3nc4ccncc4n3C(C)C)C2)cc1. The molecule has 1 saturated heterocycles. The summed E-state index contributed by atoms with van der Waals surface area (Å²) < 4.78 is 7.75. The molecular formula is C23H28N4O2. The second-order valence-electron chi connectivity index (χ2n) is 7.88. The van der Waals surface area contributed by atoms with Gasteiger partial charge in [-0.1, -0.05) is 12.1 Å². The Morgan fingerprint density at radius 2 is 2.03 bits per heavy atom. The molecule has 0 bridgehead atoms. The number of carbonyl (C=O) groups excluding carboxylic acids is 1. The number of carbonyl (C=O) groups is 1. The first-order chi connectivity index (χ1) is 14.1. The number of imidazole rings is 1. The Hall–Kier alpha value is -2.89. The predicted molar refractivity (Wildman–Crippen MR) is 113 cm³/mol. The molecule has 0 aliphatic carbocycles. The number of amides is 1. The van der Waals surface area contributed by atoms with E-state index in [0.717, 1.165) is 47.7 Å². The van der Waals surface area contributed by atoms with E-state index in [1.54, 1.807) is 6.20 Å². The molecule has 2 aromatic heterocycles. The van der Waals surface area contributed by atoms with Crippen LogP contribution in [0.5, 0.6) is 5.75 Å². The van der Waals surface area contributed by atoms with Gasteiger partial charge in [0.15, 0.2) is 0 Å². The number of rotatable bonds is 6. The van der Waals surface area contributed by atoms with E-state index in [2.05, 4.69) is 23.4 Å². The van der Waals surface area contributed by atoms with Gasteiger partial charge in [-0.15, -0.1) is 0 Å². The molecule has 29 heavy (non-hydrogen) atoms. The third-order valence-electron chi connectivity index (χ3n) is 5.53. The summed E-state index contributed by atoms with van der Waals surface area (Å²) >= 11 is 0. The Balaban J connectivity index is 1.47. The highest BCUT2D eigenvalue weighted by Gasteiger charge is 2.31. The molecule has 6 heteroatoms. The van der Waals surface area contributed by atoms with E-state index in [1.807, 2.05) is 48.4 Å². The maximum absolute atomic E-state index is 12.9. The van der Waals surface area contributed by atoms with Gasteiger partial charge >= 0.3 is 0 Å². The van der Waals surface area contributed by atoms with Crippen LogP contribution in [0.2, 0.25) is 0 Å². The Morgan fingerprint density at radius 1 is 1.24 bits per heavy atom. The molecule has 0 radical (unpaired) electrons.